The molecule has 0 spiro atoms. The van der Waals surface area contributed by atoms with Crippen molar-refractivity contribution in [3.63, 3.8) is 0 Å². The fraction of sp³-hybridized carbons (Fsp3) is 0.286. The molecule has 1 atom stereocenters. The molecule has 19 heavy (non-hydrogen) atoms. The van der Waals surface area contributed by atoms with Crippen LogP contribution in [0.25, 0.3) is 0 Å². The maximum absolute atomic E-state index is 6.29. The Morgan fingerprint density at radius 2 is 2.16 bits per heavy atom. The average molecular weight is 452 g/mol. The van der Waals surface area contributed by atoms with Crippen LogP contribution >= 0.6 is 49.9 Å². The van der Waals surface area contributed by atoms with E-state index in [1.807, 2.05) is 18.2 Å². The molecule has 2 rings (SSSR count). The summed E-state index contributed by atoms with van der Waals surface area (Å²) in [6.45, 7) is 2.82. The summed E-state index contributed by atoms with van der Waals surface area (Å²) >= 11 is 7.57. The zero-order chi connectivity index (χ0) is 13.8. The number of ether oxygens (including phenoxy) is 1. The maximum Gasteiger partial charge on any atom is 0.133 e. The van der Waals surface area contributed by atoms with Gasteiger partial charge in [0, 0.05) is 0 Å². The van der Waals surface area contributed by atoms with Gasteiger partial charge in [-0.15, -0.1) is 11.3 Å². The molecule has 0 radical (unpaired) electrons. The molecule has 2 N–H and O–H groups in total. The van der Waals surface area contributed by atoms with Gasteiger partial charge in [-0.1, -0.05) is 13.0 Å². The van der Waals surface area contributed by atoms with E-state index in [-0.39, 0.29) is 6.04 Å². The van der Waals surface area contributed by atoms with Crippen LogP contribution in [0.4, 0.5) is 0 Å². The van der Waals surface area contributed by atoms with Gasteiger partial charge < -0.3 is 10.5 Å². The number of halogens is 2. The van der Waals surface area contributed by atoms with Gasteiger partial charge in [-0.25, -0.2) is 0 Å². The highest BCUT2D eigenvalue weighted by Crippen LogP contribution is 2.31. The fourth-order valence-corrected chi connectivity index (χ4v) is 3.64. The number of benzene rings is 1. The standard InChI is InChI=1S/C14H15BrINOS/c1-2-5-18-12-4-3-9(6-11(12)15)14(17)10-7-13(16)19-8-10/h3-4,6-8,14H,2,5,17H2,1H3. The van der Waals surface area contributed by atoms with Crippen molar-refractivity contribution in [1.29, 1.82) is 0 Å². The number of hydrogen-bond donors (Lipinski definition) is 1. The molecule has 0 fully saturated rings. The van der Waals surface area contributed by atoms with E-state index >= 15 is 0 Å². The van der Waals surface area contributed by atoms with Crippen molar-refractivity contribution >= 4 is 49.9 Å². The molecule has 0 aliphatic rings. The van der Waals surface area contributed by atoms with Gasteiger partial charge >= 0.3 is 0 Å². The Kier molecular flexibility index (Phi) is 5.68. The molecule has 0 bridgehead atoms. The smallest absolute Gasteiger partial charge is 0.133 e. The van der Waals surface area contributed by atoms with Crippen molar-refractivity contribution in [3.8, 4) is 5.75 Å². The van der Waals surface area contributed by atoms with E-state index in [2.05, 4.69) is 56.9 Å². The molecule has 1 aromatic heterocycles. The number of nitrogens with two attached hydrogens (primary N) is 1. The minimum absolute atomic E-state index is 0.0868. The Bertz CT molecular complexity index is 558. The number of rotatable bonds is 5. The van der Waals surface area contributed by atoms with Crippen LogP contribution in [0.2, 0.25) is 0 Å². The second-order valence-corrected chi connectivity index (χ2v) is 7.86. The summed E-state index contributed by atoms with van der Waals surface area (Å²) in [6, 6.07) is 8.10. The minimum Gasteiger partial charge on any atom is -0.492 e. The average Bonchev–Trinajstić information content (AvgIpc) is 2.83. The molecule has 0 aliphatic carbocycles. The van der Waals surface area contributed by atoms with Crippen LogP contribution in [0.1, 0.15) is 30.5 Å². The molecule has 0 saturated heterocycles. The second-order valence-electron chi connectivity index (χ2n) is 4.20. The third kappa shape index (κ3) is 3.93. The highest BCUT2D eigenvalue weighted by atomic mass is 127. The van der Waals surface area contributed by atoms with E-state index in [9.17, 15) is 0 Å². The summed E-state index contributed by atoms with van der Waals surface area (Å²) in [4.78, 5) is 0. The zero-order valence-electron chi connectivity index (χ0n) is 10.5. The summed E-state index contributed by atoms with van der Waals surface area (Å²) in [5, 5.41) is 2.11. The monoisotopic (exact) mass is 451 g/mol. The molecular weight excluding hydrogens is 437 g/mol. The first kappa shape index (κ1) is 15.3. The first-order valence-electron chi connectivity index (χ1n) is 6.03. The molecule has 1 aromatic carbocycles. The largest absolute Gasteiger partial charge is 0.492 e. The lowest BCUT2D eigenvalue weighted by molar-refractivity contribution is 0.315. The van der Waals surface area contributed by atoms with Gasteiger partial charge in [0.2, 0.25) is 0 Å². The summed E-state index contributed by atoms with van der Waals surface area (Å²) in [6.07, 6.45) is 1.00. The normalized spacial score (nSPS) is 12.4. The third-order valence-corrected chi connectivity index (χ3v) is 5.15. The lowest BCUT2D eigenvalue weighted by atomic mass is 10.0. The molecule has 1 heterocycles. The van der Waals surface area contributed by atoms with Gasteiger partial charge in [-0.05, 0) is 79.6 Å². The van der Waals surface area contributed by atoms with Crippen molar-refractivity contribution in [2.75, 3.05) is 6.61 Å². The van der Waals surface area contributed by atoms with Crippen LogP contribution in [0, 0.1) is 2.88 Å². The quantitative estimate of drug-likeness (QED) is 0.652. The van der Waals surface area contributed by atoms with Crippen molar-refractivity contribution < 1.29 is 4.74 Å². The SMILES string of the molecule is CCCOc1ccc(C(N)c2csc(I)c2)cc1Br. The van der Waals surface area contributed by atoms with Crippen molar-refractivity contribution in [2.45, 2.75) is 19.4 Å². The Balaban J connectivity index is 2.19. The van der Waals surface area contributed by atoms with Gasteiger partial charge in [0.05, 0.1) is 20.0 Å². The Morgan fingerprint density at radius 3 is 2.74 bits per heavy atom. The topological polar surface area (TPSA) is 35.2 Å². The van der Waals surface area contributed by atoms with Gasteiger partial charge in [0.25, 0.3) is 0 Å². The molecule has 0 saturated carbocycles. The van der Waals surface area contributed by atoms with E-state index in [1.54, 1.807) is 11.3 Å². The van der Waals surface area contributed by atoms with Crippen LogP contribution < -0.4 is 10.5 Å². The predicted octanol–water partition coefficient (Wildman–Crippen LogP) is 4.95. The molecule has 0 aliphatic heterocycles. The van der Waals surface area contributed by atoms with Crippen LogP contribution in [-0.2, 0) is 0 Å². The van der Waals surface area contributed by atoms with Crippen LogP contribution in [0.3, 0.4) is 0 Å². The third-order valence-electron chi connectivity index (χ3n) is 2.72. The number of hydrogen-bond acceptors (Lipinski definition) is 3. The predicted molar refractivity (Wildman–Crippen MR) is 93.0 cm³/mol. The van der Waals surface area contributed by atoms with Crippen LogP contribution in [0.15, 0.2) is 34.1 Å². The van der Waals surface area contributed by atoms with E-state index in [1.165, 1.54) is 2.88 Å². The molecule has 5 heteroatoms. The molecule has 102 valence electrons. The zero-order valence-corrected chi connectivity index (χ0v) is 15.1. The van der Waals surface area contributed by atoms with Crippen molar-refractivity contribution in [1.82, 2.24) is 0 Å². The Hall–Kier alpha value is -0.110. The Labute approximate surface area is 139 Å². The van der Waals surface area contributed by atoms with Gasteiger partial charge in [0.1, 0.15) is 5.75 Å². The lowest BCUT2D eigenvalue weighted by Gasteiger charge is -2.13. The fourth-order valence-electron chi connectivity index (χ4n) is 1.72. The van der Waals surface area contributed by atoms with Crippen LogP contribution in [-0.4, -0.2) is 6.61 Å². The summed E-state index contributed by atoms with van der Waals surface area (Å²) in [7, 11) is 0. The Morgan fingerprint density at radius 1 is 1.37 bits per heavy atom. The van der Waals surface area contributed by atoms with Gasteiger partial charge in [-0.2, -0.15) is 0 Å². The second kappa shape index (κ2) is 7.06. The first-order valence-corrected chi connectivity index (χ1v) is 8.78. The highest BCUT2D eigenvalue weighted by molar-refractivity contribution is 14.1. The maximum atomic E-state index is 6.29. The van der Waals surface area contributed by atoms with Gasteiger partial charge in [0.15, 0.2) is 0 Å². The lowest BCUT2D eigenvalue weighted by Crippen LogP contribution is -2.11. The van der Waals surface area contributed by atoms with E-state index in [4.69, 9.17) is 10.5 Å². The van der Waals surface area contributed by atoms with E-state index in [0.717, 1.165) is 34.4 Å². The minimum atomic E-state index is -0.0868. The summed E-state index contributed by atoms with van der Waals surface area (Å²) in [5.41, 5.74) is 8.53. The first-order chi connectivity index (χ1) is 9.11. The number of thiophene rings is 1. The van der Waals surface area contributed by atoms with E-state index in [0.29, 0.717) is 0 Å². The molecule has 0 amide bonds. The molecular formula is C14H15BrINOS. The van der Waals surface area contributed by atoms with E-state index < -0.39 is 0 Å². The van der Waals surface area contributed by atoms with Crippen molar-refractivity contribution in [2.24, 2.45) is 5.73 Å². The highest BCUT2D eigenvalue weighted by Gasteiger charge is 2.12. The molecule has 1 unspecified atom stereocenters. The molecule has 2 nitrogen and oxygen atoms in total. The summed E-state index contributed by atoms with van der Waals surface area (Å²) < 4.78 is 7.86. The van der Waals surface area contributed by atoms with Gasteiger partial charge in [-0.3, -0.25) is 0 Å². The molecule has 2 aromatic rings. The van der Waals surface area contributed by atoms with Crippen LogP contribution in [0.5, 0.6) is 5.75 Å². The van der Waals surface area contributed by atoms with Crippen molar-refractivity contribution in [3.05, 3.63) is 48.1 Å². The summed E-state index contributed by atoms with van der Waals surface area (Å²) in [5.74, 6) is 0.873.